The Bertz CT molecular complexity index is 740. The van der Waals surface area contributed by atoms with Crippen LogP contribution in [0.25, 0.3) is 5.69 Å². The molecule has 1 heterocycles. The molecule has 0 atom stereocenters. The van der Waals surface area contributed by atoms with Gasteiger partial charge in [0, 0.05) is 0 Å². The SMILES string of the molecule is Oc1ccccc1Oc1cnn(-c2ccccc2F)c1. The van der Waals surface area contributed by atoms with E-state index in [4.69, 9.17) is 4.74 Å². The quantitative estimate of drug-likeness (QED) is 0.792. The van der Waals surface area contributed by atoms with Crippen LogP contribution in [0.1, 0.15) is 0 Å². The van der Waals surface area contributed by atoms with Crippen molar-refractivity contribution >= 4 is 0 Å². The lowest BCUT2D eigenvalue weighted by molar-refractivity contribution is 0.411. The number of aromatic hydroxyl groups is 1. The lowest BCUT2D eigenvalue weighted by Gasteiger charge is -2.04. The molecule has 0 radical (unpaired) electrons. The molecule has 0 spiro atoms. The summed E-state index contributed by atoms with van der Waals surface area (Å²) >= 11 is 0. The summed E-state index contributed by atoms with van der Waals surface area (Å²) in [5.74, 6) is 0.395. The second-order valence-corrected chi connectivity index (χ2v) is 4.14. The fourth-order valence-corrected chi connectivity index (χ4v) is 1.80. The standard InChI is InChI=1S/C15H11FN2O2/c16-12-5-1-2-6-13(12)18-10-11(9-17-18)20-15-8-4-3-7-14(15)19/h1-10,19H. The number of aromatic nitrogens is 2. The molecular weight excluding hydrogens is 259 g/mol. The molecule has 5 heteroatoms. The maximum Gasteiger partial charge on any atom is 0.169 e. The van der Waals surface area contributed by atoms with E-state index in [1.165, 1.54) is 23.0 Å². The molecule has 0 saturated carbocycles. The Morgan fingerprint density at radius 2 is 1.80 bits per heavy atom. The predicted molar refractivity (Wildman–Crippen MR) is 71.7 cm³/mol. The predicted octanol–water partition coefficient (Wildman–Crippen LogP) is 3.51. The van der Waals surface area contributed by atoms with Crippen molar-refractivity contribution in [2.45, 2.75) is 0 Å². The van der Waals surface area contributed by atoms with E-state index in [1.807, 2.05) is 0 Å². The maximum atomic E-state index is 13.6. The van der Waals surface area contributed by atoms with Crippen LogP contribution < -0.4 is 4.74 Å². The number of phenols is 1. The summed E-state index contributed by atoms with van der Waals surface area (Å²) in [6.45, 7) is 0. The minimum Gasteiger partial charge on any atom is -0.504 e. The fourth-order valence-electron chi connectivity index (χ4n) is 1.80. The first-order valence-electron chi connectivity index (χ1n) is 5.99. The van der Waals surface area contributed by atoms with Gasteiger partial charge in [-0.2, -0.15) is 5.10 Å². The molecule has 0 bridgehead atoms. The van der Waals surface area contributed by atoms with Gasteiger partial charge in [-0.3, -0.25) is 0 Å². The van der Waals surface area contributed by atoms with Crippen LogP contribution in [0.15, 0.2) is 60.9 Å². The van der Waals surface area contributed by atoms with Crippen molar-refractivity contribution in [3.63, 3.8) is 0 Å². The summed E-state index contributed by atoms with van der Waals surface area (Å²) in [7, 11) is 0. The average Bonchev–Trinajstić information content (AvgIpc) is 2.90. The van der Waals surface area contributed by atoms with Crippen LogP contribution in [0.4, 0.5) is 4.39 Å². The summed E-state index contributed by atoms with van der Waals surface area (Å²) < 4.78 is 20.5. The van der Waals surface area contributed by atoms with Gasteiger partial charge in [-0.15, -0.1) is 0 Å². The highest BCUT2D eigenvalue weighted by Crippen LogP contribution is 2.30. The van der Waals surface area contributed by atoms with Gasteiger partial charge in [-0.1, -0.05) is 24.3 Å². The van der Waals surface area contributed by atoms with Crippen LogP contribution >= 0.6 is 0 Å². The number of rotatable bonds is 3. The van der Waals surface area contributed by atoms with E-state index < -0.39 is 0 Å². The lowest BCUT2D eigenvalue weighted by atomic mass is 10.3. The molecule has 4 nitrogen and oxygen atoms in total. The van der Waals surface area contributed by atoms with Crippen LogP contribution in [-0.2, 0) is 0 Å². The molecule has 0 aliphatic heterocycles. The molecule has 0 aliphatic carbocycles. The Morgan fingerprint density at radius 3 is 2.60 bits per heavy atom. The van der Waals surface area contributed by atoms with Crippen LogP contribution in [0.3, 0.4) is 0 Å². The molecule has 3 rings (SSSR count). The zero-order chi connectivity index (χ0) is 13.9. The smallest absolute Gasteiger partial charge is 0.169 e. The summed E-state index contributed by atoms with van der Waals surface area (Å²) in [4.78, 5) is 0. The summed E-state index contributed by atoms with van der Waals surface area (Å²) in [6, 6.07) is 12.9. The van der Waals surface area contributed by atoms with Crippen molar-refractivity contribution < 1.29 is 14.2 Å². The van der Waals surface area contributed by atoms with E-state index >= 15 is 0 Å². The molecule has 0 amide bonds. The van der Waals surface area contributed by atoms with E-state index in [0.29, 0.717) is 17.2 Å². The van der Waals surface area contributed by atoms with Crippen LogP contribution in [0.5, 0.6) is 17.2 Å². The number of ether oxygens (including phenoxy) is 1. The molecule has 20 heavy (non-hydrogen) atoms. The largest absolute Gasteiger partial charge is 0.504 e. The third kappa shape index (κ3) is 2.33. The van der Waals surface area contributed by atoms with Crippen molar-refractivity contribution in [3.8, 4) is 22.9 Å². The zero-order valence-corrected chi connectivity index (χ0v) is 10.4. The number of para-hydroxylation sites is 3. The van der Waals surface area contributed by atoms with Gasteiger partial charge in [-0.25, -0.2) is 9.07 Å². The van der Waals surface area contributed by atoms with Gasteiger partial charge >= 0.3 is 0 Å². The van der Waals surface area contributed by atoms with Gasteiger partial charge in [0.05, 0.1) is 12.4 Å². The number of halogens is 1. The number of nitrogens with zero attached hydrogens (tertiary/aromatic N) is 2. The highest BCUT2D eigenvalue weighted by molar-refractivity contribution is 5.41. The Balaban J connectivity index is 1.88. The van der Waals surface area contributed by atoms with Crippen molar-refractivity contribution in [3.05, 3.63) is 66.7 Å². The molecular formula is C15H11FN2O2. The maximum absolute atomic E-state index is 13.6. The Hall–Kier alpha value is -2.82. The van der Waals surface area contributed by atoms with Gasteiger partial charge in [0.1, 0.15) is 11.5 Å². The fraction of sp³-hybridized carbons (Fsp3) is 0. The van der Waals surface area contributed by atoms with E-state index in [2.05, 4.69) is 5.10 Å². The van der Waals surface area contributed by atoms with Gasteiger partial charge in [0.15, 0.2) is 17.2 Å². The minimum absolute atomic E-state index is 0.0335. The van der Waals surface area contributed by atoms with E-state index in [-0.39, 0.29) is 11.6 Å². The Kier molecular flexibility index (Phi) is 3.09. The van der Waals surface area contributed by atoms with Crippen molar-refractivity contribution in [1.82, 2.24) is 9.78 Å². The molecule has 3 aromatic rings. The molecule has 1 aromatic heterocycles. The second kappa shape index (κ2) is 5.05. The second-order valence-electron chi connectivity index (χ2n) is 4.14. The molecule has 2 aromatic carbocycles. The van der Waals surface area contributed by atoms with Crippen LogP contribution in [0.2, 0.25) is 0 Å². The van der Waals surface area contributed by atoms with Crippen molar-refractivity contribution in [2.75, 3.05) is 0 Å². The lowest BCUT2D eigenvalue weighted by Crippen LogP contribution is -1.96. The first kappa shape index (κ1) is 12.2. The molecule has 0 fully saturated rings. The monoisotopic (exact) mass is 270 g/mol. The average molecular weight is 270 g/mol. The molecule has 0 unspecified atom stereocenters. The van der Waals surface area contributed by atoms with Crippen LogP contribution in [-0.4, -0.2) is 14.9 Å². The number of hydrogen-bond donors (Lipinski definition) is 1. The van der Waals surface area contributed by atoms with Gasteiger partial charge in [0.2, 0.25) is 0 Å². The topological polar surface area (TPSA) is 47.3 Å². The molecule has 100 valence electrons. The molecule has 0 aliphatic rings. The summed E-state index contributed by atoms with van der Waals surface area (Å²) in [5, 5.41) is 13.7. The molecule has 1 N–H and O–H groups in total. The number of benzene rings is 2. The third-order valence-electron chi connectivity index (χ3n) is 2.75. The summed E-state index contributed by atoms with van der Waals surface area (Å²) in [5.41, 5.74) is 0.333. The third-order valence-corrected chi connectivity index (χ3v) is 2.75. The van der Waals surface area contributed by atoms with E-state index in [1.54, 1.807) is 42.6 Å². The molecule has 0 saturated heterocycles. The van der Waals surface area contributed by atoms with E-state index in [9.17, 15) is 9.50 Å². The number of hydrogen-bond acceptors (Lipinski definition) is 3. The normalized spacial score (nSPS) is 10.4. The zero-order valence-electron chi connectivity index (χ0n) is 10.4. The van der Waals surface area contributed by atoms with Gasteiger partial charge in [-0.05, 0) is 24.3 Å². The minimum atomic E-state index is -0.371. The van der Waals surface area contributed by atoms with Gasteiger partial charge in [0.25, 0.3) is 0 Å². The summed E-state index contributed by atoms with van der Waals surface area (Å²) in [6.07, 6.45) is 3.00. The first-order chi connectivity index (χ1) is 9.74. The van der Waals surface area contributed by atoms with Crippen molar-refractivity contribution in [1.29, 1.82) is 0 Å². The van der Waals surface area contributed by atoms with Crippen molar-refractivity contribution in [2.24, 2.45) is 0 Å². The number of phenolic OH excluding ortho intramolecular Hbond substituents is 1. The Morgan fingerprint density at radius 1 is 1.05 bits per heavy atom. The van der Waals surface area contributed by atoms with Crippen LogP contribution in [0, 0.1) is 5.82 Å². The van der Waals surface area contributed by atoms with Gasteiger partial charge < -0.3 is 9.84 Å². The van der Waals surface area contributed by atoms with E-state index in [0.717, 1.165) is 0 Å². The first-order valence-corrected chi connectivity index (χ1v) is 5.99. The highest BCUT2D eigenvalue weighted by Gasteiger charge is 2.08. The highest BCUT2D eigenvalue weighted by atomic mass is 19.1. The Labute approximate surface area is 114 Å².